The van der Waals surface area contributed by atoms with E-state index in [1.807, 2.05) is 25.1 Å². The van der Waals surface area contributed by atoms with E-state index < -0.39 is 0 Å². The highest BCUT2D eigenvalue weighted by molar-refractivity contribution is 5.68. The molecule has 0 unspecified atom stereocenters. The third kappa shape index (κ3) is 3.38. The normalized spacial score (nSPS) is 11.0. The maximum Gasteiger partial charge on any atom is 0.212 e. The van der Waals surface area contributed by atoms with E-state index in [4.69, 9.17) is 4.74 Å². The Labute approximate surface area is 162 Å². The van der Waals surface area contributed by atoms with E-state index >= 15 is 0 Å². The SMILES string of the molecule is CCc1cnn2c(NCc3ccc(OC)nc3)cc(-c3ccccc3F)nc12. The fourth-order valence-electron chi connectivity index (χ4n) is 3.02. The van der Waals surface area contributed by atoms with E-state index in [-0.39, 0.29) is 5.82 Å². The van der Waals surface area contributed by atoms with Crippen molar-refractivity contribution in [3.63, 3.8) is 0 Å². The summed E-state index contributed by atoms with van der Waals surface area (Å²) < 4.78 is 21.2. The van der Waals surface area contributed by atoms with E-state index in [0.717, 1.165) is 29.0 Å². The van der Waals surface area contributed by atoms with E-state index in [2.05, 4.69) is 20.4 Å². The average molecular weight is 377 g/mol. The zero-order valence-corrected chi connectivity index (χ0v) is 15.7. The highest BCUT2D eigenvalue weighted by atomic mass is 19.1. The summed E-state index contributed by atoms with van der Waals surface area (Å²) in [7, 11) is 1.58. The van der Waals surface area contributed by atoms with Gasteiger partial charge in [0, 0.05) is 36.0 Å². The summed E-state index contributed by atoms with van der Waals surface area (Å²) in [5.74, 6) is 0.998. The lowest BCUT2D eigenvalue weighted by atomic mass is 10.1. The summed E-state index contributed by atoms with van der Waals surface area (Å²) in [5, 5.41) is 7.81. The van der Waals surface area contributed by atoms with Crippen molar-refractivity contribution in [1.29, 1.82) is 0 Å². The zero-order chi connectivity index (χ0) is 19.5. The average Bonchev–Trinajstić information content (AvgIpc) is 3.16. The van der Waals surface area contributed by atoms with Crippen LogP contribution in [0.1, 0.15) is 18.1 Å². The topological polar surface area (TPSA) is 64.3 Å². The summed E-state index contributed by atoms with van der Waals surface area (Å²) in [6.07, 6.45) is 4.34. The summed E-state index contributed by atoms with van der Waals surface area (Å²) in [5.41, 5.74) is 3.74. The Kier molecular flexibility index (Phi) is 4.89. The number of nitrogens with zero attached hydrogens (tertiary/aromatic N) is 4. The Morgan fingerprint density at radius 3 is 2.71 bits per heavy atom. The Hall–Kier alpha value is -3.48. The Morgan fingerprint density at radius 2 is 2.00 bits per heavy atom. The molecular weight excluding hydrogens is 357 g/mol. The quantitative estimate of drug-likeness (QED) is 0.548. The van der Waals surface area contributed by atoms with Gasteiger partial charge in [-0.1, -0.05) is 25.1 Å². The van der Waals surface area contributed by atoms with Crippen molar-refractivity contribution in [3.05, 3.63) is 71.8 Å². The number of hydrogen-bond donors (Lipinski definition) is 1. The number of methoxy groups -OCH3 is 1. The summed E-state index contributed by atoms with van der Waals surface area (Å²) in [6.45, 7) is 2.58. The third-order valence-electron chi connectivity index (χ3n) is 4.56. The number of fused-ring (bicyclic) bond motifs is 1. The van der Waals surface area contributed by atoms with Crippen molar-refractivity contribution in [2.75, 3.05) is 12.4 Å². The van der Waals surface area contributed by atoms with Gasteiger partial charge in [-0.2, -0.15) is 9.61 Å². The summed E-state index contributed by atoms with van der Waals surface area (Å²) in [6, 6.07) is 12.2. The number of benzene rings is 1. The molecule has 0 saturated heterocycles. The van der Waals surface area contributed by atoms with Gasteiger partial charge in [-0.15, -0.1) is 0 Å². The van der Waals surface area contributed by atoms with E-state index in [1.165, 1.54) is 6.07 Å². The maximum atomic E-state index is 14.3. The van der Waals surface area contributed by atoms with Crippen LogP contribution in [0.25, 0.3) is 16.9 Å². The first-order chi connectivity index (χ1) is 13.7. The molecule has 4 rings (SSSR count). The predicted molar refractivity (Wildman–Crippen MR) is 106 cm³/mol. The van der Waals surface area contributed by atoms with Crippen molar-refractivity contribution in [1.82, 2.24) is 19.6 Å². The lowest BCUT2D eigenvalue weighted by molar-refractivity contribution is 0.397. The second-order valence-electron chi connectivity index (χ2n) is 6.33. The third-order valence-corrected chi connectivity index (χ3v) is 4.56. The lowest BCUT2D eigenvalue weighted by Gasteiger charge is -2.12. The molecule has 0 radical (unpaired) electrons. The molecule has 142 valence electrons. The summed E-state index contributed by atoms with van der Waals surface area (Å²) in [4.78, 5) is 8.89. The second kappa shape index (κ2) is 7.64. The van der Waals surface area contributed by atoms with Gasteiger partial charge in [-0.25, -0.2) is 14.4 Å². The van der Waals surface area contributed by atoms with E-state index in [9.17, 15) is 4.39 Å². The molecule has 0 spiro atoms. The zero-order valence-electron chi connectivity index (χ0n) is 15.7. The molecule has 28 heavy (non-hydrogen) atoms. The van der Waals surface area contributed by atoms with E-state index in [0.29, 0.717) is 23.7 Å². The minimum absolute atomic E-state index is 0.304. The van der Waals surface area contributed by atoms with Crippen LogP contribution < -0.4 is 10.1 Å². The summed E-state index contributed by atoms with van der Waals surface area (Å²) >= 11 is 0. The first-order valence-corrected chi connectivity index (χ1v) is 9.05. The van der Waals surface area contributed by atoms with Crippen LogP contribution in [-0.2, 0) is 13.0 Å². The van der Waals surface area contributed by atoms with Crippen molar-refractivity contribution in [2.24, 2.45) is 0 Å². The lowest BCUT2D eigenvalue weighted by Crippen LogP contribution is -2.07. The molecule has 0 saturated carbocycles. The van der Waals surface area contributed by atoms with Crippen molar-refractivity contribution in [3.8, 4) is 17.1 Å². The molecule has 3 aromatic heterocycles. The first-order valence-electron chi connectivity index (χ1n) is 9.05. The Balaban J connectivity index is 1.73. The largest absolute Gasteiger partial charge is 0.481 e. The first kappa shape index (κ1) is 17.9. The Morgan fingerprint density at radius 1 is 1.14 bits per heavy atom. The number of aromatic nitrogens is 4. The second-order valence-corrected chi connectivity index (χ2v) is 6.33. The van der Waals surface area contributed by atoms with Crippen LogP contribution in [0.3, 0.4) is 0 Å². The van der Waals surface area contributed by atoms with Crippen LogP contribution >= 0.6 is 0 Å². The van der Waals surface area contributed by atoms with Gasteiger partial charge < -0.3 is 10.1 Å². The molecule has 0 atom stereocenters. The van der Waals surface area contributed by atoms with Crippen LogP contribution in [0, 0.1) is 5.82 Å². The van der Waals surface area contributed by atoms with Crippen LogP contribution in [0.15, 0.2) is 54.9 Å². The molecule has 0 fully saturated rings. The molecule has 4 aromatic rings. The molecule has 0 aliphatic carbocycles. The number of nitrogens with one attached hydrogen (secondary N) is 1. The van der Waals surface area contributed by atoms with Gasteiger partial charge in [-0.05, 0) is 24.1 Å². The van der Waals surface area contributed by atoms with Crippen LogP contribution in [0.4, 0.5) is 10.2 Å². The fourth-order valence-corrected chi connectivity index (χ4v) is 3.02. The molecule has 6 nitrogen and oxygen atoms in total. The number of anilines is 1. The van der Waals surface area contributed by atoms with Crippen LogP contribution in [0.5, 0.6) is 5.88 Å². The van der Waals surface area contributed by atoms with Crippen molar-refractivity contribution >= 4 is 11.5 Å². The Bertz CT molecular complexity index is 1110. The van der Waals surface area contributed by atoms with Crippen molar-refractivity contribution < 1.29 is 9.13 Å². The number of aryl methyl sites for hydroxylation is 1. The standard InChI is InChI=1S/C21H20FN5O/c1-3-15-13-25-27-19(23-11-14-8-9-20(28-2)24-12-14)10-18(26-21(15)27)16-6-4-5-7-17(16)22/h4-10,12-13,23H,3,11H2,1-2H3. The highest BCUT2D eigenvalue weighted by Gasteiger charge is 2.14. The molecule has 7 heteroatoms. The molecule has 0 bridgehead atoms. The highest BCUT2D eigenvalue weighted by Crippen LogP contribution is 2.26. The maximum absolute atomic E-state index is 14.3. The van der Waals surface area contributed by atoms with Gasteiger partial charge in [0.25, 0.3) is 0 Å². The van der Waals surface area contributed by atoms with Crippen LogP contribution in [-0.4, -0.2) is 26.7 Å². The molecule has 3 heterocycles. The number of halogens is 1. The van der Waals surface area contributed by atoms with Gasteiger partial charge in [0.15, 0.2) is 5.65 Å². The predicted octanol–water partition coefficient (Wildman–Crippen LogP) is 4.11. The fraction of sp³-hybridized carbons (Fsp3) is 0.190. The molecule has 0 aliphatic heterocycles. The minimum Gasteiger partial charge on any atom is -0.481 e. The molecule has 1 aromatic carbocycles. The van der Waals surface area contributed by atoms with Gasteiger partial charge >= 0.3 is 0 Å². The van der Waals surface area contributed by atoms with Gasteiger partial charge in [0.2, 0.25) is 5.88 Å². The number of ether oxygens (including phenoxy) is 1. The van der Waals surface area contributed by atoms with Crippen LogP contribution in [0.2, 0.25) is 0 Å². The molecule has 1 N–H and O–H groups in total. The molecular formula is C21H20FN5O. The molecule has 0 amide bonds. The van der Waals surface area contributed by atoms with Gasteiger partial charge in [0.1, 0.15) is 11.6 Å². The number of pyridine rings is 1. The number of hydrogen-bond acceptors (Lipinski definition) is 5. The van der Waals surface area contributed by atoms with E-state index in [1.54, 1.807) is 42.2 Å². The number of rotatable bonds is 6. The molecule has 0 aliphatic rings. The van der Waals surface area contributed by atoms with Gasteiger partial charge in [0.05, 0.1) is 19.0 Å². The van der Waals surface area contributed by atoms with Crippen molar-refractivity contribution in [2.45, 2.75) is 19.9 Å². The smallest absolute Gasteiger partial charge is 0.212 e. The minimum atomic E-state index is -0.304. The van der Waals surface area contributed by atoms with Gasteiger partial charge in [-0.3, -0.25) is 0 Å². The monoisotopic (exact) mass is 377 g/mol.